The van der Waals surface area contributed by atoms with Crippen LogP contribution in [0.4, 0.5) is 5.95 Å². The van der Waals surface area contributed by atoms with E-state index in [0.29, 0.717) is 0 Å². The van der Waals surface area contributed by atoms with Gasteiger partial charge in [0.2, 0.25) is 11.7 Å². The molecule has 1 N–H and O–H groups in total. The Hall–Kier alpha value is -3.13. The maximum atomic E-state index is 12.7. The quantitative estimate of drug-likeness (QED) is 0.570. The van der Waals surface area contributed by atoms with E-state index in [9.17, 15) is 9.59 Å². The third-order valence-corrected chi connectivity index (χ3v) is 4.91. The Bertz CT molecular complexity index is 1080. The normalized spacial score (nSPS) is 11.6. The first-order valence-corrected chi connectivity index (χ1v) is 9.55. The molecular formula is C21H20BrN3O4. The van der Waals surface area contributed by atoms with Gasteiger partial charge < -0.3 is 14.8 Å². The number of esters is 1. The number of carbonyl (C=O) groups excluding carboxylic acids is 1. The molecule has 0 saturated heterocycles. The molecule has 0 aliphatic carbocycles. The molecule has 0 fully saturated rings. The van der Waals surface area contributed by atoms with Gasteiger partial charge in [-0.05, 0) is 23.3 Å². The van der Waals surface area contributed by atoms with Crippen LogP contribution in [0.25, 0.3) is 0 Å². The molecule has 0 radical (unpaired) electrons. The lowest BCUT2D eigenvalue weighted by atomic mass is 9.99. The molecule has 0 saturated carbocycles. The summed E-state index contributed by atoms with van der Waals surface area (Å²) in [7, 11) is 4.10. The molecule has 8 heteroatoms. The van der Waals surface area contributed by atoms with Crippen LogP contribution in [-0.4, -0.2) is 29.7 Å². The van der Waals surface area contributed by atoms with Crippen molar-refractivity contribution in [1.29, 1.82) is 0 Å². The van der Waals surface area contributed by atoms with E-state index in [1.807, 2.05) is 54.6 Å². The second-order valence-electron chi connectivity index (χ2n) is 6.22. The standard InChI is InChI=1S/C21H20BrN3O4/c1-25-19(26)18(28-2)17(20(27)29-3)24-21(25)23-16(13-8-5-4-6-9-13)14-10-7-11-15(22)12-14/h4-12,16H,1-3H3,(H,23,24). The molecular weight excluding hydrogens is 438 g/mol. The van der Waals surface area contributed by atoms with Gasteiger partial charge in [-0.2, -0.15) is 0 Å². The summed E-state index contributed by atoms with van der Waals surface area (Å²) in [4.78, 5) is 29.2. The SMILES string of the molecule is COC(=O)c1nc(NC(c2ccccc2)c2cccc(Br)c2)n(C)c(=O)c1OC. The molecule has 0 spiro atoms. The van der Waals surface area contributed by atoms with Gasteiger partial charge in [-0.15, -0.1) is 0 Å². The van der Waals surface area contributed by atoms with Crippen LogP contribution in [-0.2, 0) is 11.8 Å². The van der Waals surface area contributed by atoms with Gasteiger partial charge in [0.1, 0.15) is 0 Å². The zero-order chi connectivity index (χ0) is 21.0. The molecule has 7 nitrogen and oxygen atoms in total. The number of carbonyl (C=O) groups is 1. The Morgan fingerprint density at radius 1 is 1.10 bits per heavy atom. The predicted octanol–water partition coefficient (Wildman–Crippen LogP) is 3.54. The third-order valence-electron chi connectivity index (χ3n) is 4.42. The van der Waals surface area contributed by atoms with Gasteiger partial charge in [-0.25, -0.2) is 9.78 Å². The second-order valence-corrected chi connectivity index (χ2v) is 7.13. The first kappa shape index (κ1) is 20.6. The highest BCUT2D eigenvalue weighted by molar-refractivity contribution is 9.10. The molecule has 150 valence electrons. The second kappa shape index (κ2) is 8.91. The number of hydrogen-bond donors (Lipinski definition) is 1. The summed E-state index contributed by atoms with van der Waals surface area (Å²) in [6.07, 6.45) is 0. The van der Waals surface area contributed by atoms with Crippen molar-refractivity contribution in [3.63, 3.8) is 0 Å². The fourth-order valence-electron chi connectivity index (χ4n) is 2.95. The van der Waals surface area contributed by atoms with Crippen molar-refractivity contribution < 1.29 is 14.3 Å². The lowest BCUT2D eigenvalue weighted by molar-refractivity contribution is 0.0589. The van der Waals surface area contributed by atoms with E-state index in [2.05, 4.69) is 26.2 Å². The minimum Gasteiger partial charge on any atom is -0.489 e. The van der Waals surface area contributed by atoms with Crippen molar-refractivity contribution in [3.05, 3.63) is 86.2 Å². The van der Waals surface area contributed by atoms with Gasteiger partial charge in [0.25, 0.3) is 5.56 Å². The summed E-state index contributed by atoms with van der Waals surface area (Å²) >= 11 is 3.50. The largest absolute Gasteiger partial charge is 0.489 e. The maximum Gasteiger partial charge on any atom is 0.360 e. The average Bonchev–Trinajstić information content (AvgIpc) is 2.74. The van der Waals surface area contributed by atoms with Gasteiger partial charge >= 0.3 is 5.97 Å². The molecule has 0 bridgehead atoms. The Balaban J connectivity index is 2.14. The molecule has 0 aliphatic rings. The highest BCUT2D eigenvalue weighted by Gasteiger charge is 2.24. The summed E-state index contributed by atoms with van der Waals surface area (Å²) in [6, 6.07) is 17.2. The van der Waals surface area contributed by atoms with E-state index in [0.717, 1.165) is 15.6 Å². The molecule has 1 atom stereocenters. The van der Waals surface area contributed by atoms with Crippen molar-refractivity contribution in [1.82, 2.24) is 9.55 Å². The van der Waals surface area contributed by atoms with Crippen molar-refractivity contribution in [2.75, 3.05) is 19.5 Å². The van der Waals surface area contributed by atoms with Gasteiger partial charge in [0.05, 0.1) is 20.3 Å². The average molecular weight is 458 g/mol. The summed E-state index contributed by atoms with van der Waals surface area (Å²) in [5, 5.41) is 3.29. The monoisotopic (exact) mass is 457 g/mol. The van der Waals surface area contributed by atoms with Crippen LogP contribution in [0.3, 0.4) is 0 Å². The van der Waals surface area contributed by atoms with Crippen molar-refractivity contribution in [2.24, 2.45) is 7.05 Å². The van der Waals surface area contributed by atoms with E-state index in [1.54, 1.807) is 7.05 Å². The number of ether oxygens (including phenoxy) is 2. The minimum atomic E-state index is -0.749. The van der Waals surface area contributed by atoms with E-state index in [4.69, 9.17) is 9.47 Å². The van der Waals surface area contributed by atoms with E-state index in [1.165, 1.54) is 18.8 Å². The summed E-state index contributed by atoms with van der Waals surface area (Å²) < 4.78 is 12.1. The number of hydrogen-bond acceptors (Lipinski definition) is 6. The van der Waals surface area contributed by atoms with Crippen LogP contribution in [0.15, 0.2) is 63.9 Å². The summed E-state index contributed by atoms with van der Waals surface area (Å²) in [6.45, 7) is 0. The number of nitrogens with zero attached hydrogens (tertiary/aromatic N) is 2. The van der Waals surface area contributed by atoms with Gasteiger partial charge in [-0.1, -0.05) is 58.4 Å². The van der Waals surface area contributed by atoms with Gasteiger partial charge in [0.15, 0.2) is 5.69 Å². The number of methoxy groups -OCH3 is 2. The molecule has 1 unspecified atom stereocenters. The van der Waals surface area contributed by atoms with E-state index < -0.39 is 11.5 Å². The number of halogens is 1. The zero-order valence-corrected chi connectivity index (χ0v) is 17.8. The highest BCUT2D eigenvalue weighted by atomic mass is 79.9. The van der Waals surface area contributed by atoms with Crippen LogP contribution in [0, 0.1) is 0 Å². The van der Waals surface area contributed by atoms with Crippen molar-refractivity contribution in [2.45, 2.75) is 6.04 Å². The summed E-state index contributed by atoms with van der Waals surface area (Å²) in [5.74, 6) is -0.699. The molecule has 0 aliphatic heterocycles. The lowest BCUT2D eigenvalue weighted by Crippen LogP contribution is -2.28. The molecule has 1 heterocycles. The molecule has 1 aromatic heterocycles. The number of aromatic nitrogens is 2. The Morgan fingerprint density at radius 3 is 2.41 bits per heavy atom. The number of anilines is 1. The van der Waals surface area contributed by atoms with Crippen molar-refractivity contribution in [3.8, 4) is 5.75 Å². The predicted molar refractivity (Wildman–Crippen MR) is 113 cm³/mol. The van der Waals surface area contributed by atoms with Gasteiger partial charge in [0, 0.05) is 11.5 Å². The molecule has 29 heavy (non-hydrogen) atoms. The molecule has 2 aromatic carbocycles. The Labute approximate surface area is 176 Å². The number of rotatable bonds is 6. The first-order chi connectivity index (χ1) is 14.0. The molecule has 0 amide bonds. The van der Waals surface area contributed by atoms with Gasteiger partial charge in [-0.3, -0.25) is 9.36 Å². The highest BCUT2D eigenvalue weighted by Crippen LogP contribution is 2.28. The topological polar surface area (TPSA) is 82.5 Å². The molecule has 3 rings (SSSR count). The van der Waals surface area contributed by atoms with Crippen molar-refractivity contribution >= 4 is 27.8 Å². The third kappa shape index (κ3) is 4.32. The Morgan fingerprint density at radius 2 is 1.79 bits per heavy atom. The van der Waals surface area contributed by atoms with Crippen LogP contribution in [0.5, 0.6) is 5.75 Å². The van der Waals surface area contributed by atoms with Crippen LogP contribution in [0.1, 0.15) is 27.7 Å². The van der Waals surface area contributed by atoms with E-state index in [-0.39, 0.29) is 23.4 Å². The minimum absolute atomic E-state index is 0.163. The maximum absolute atomic E-state index is 12.7. The summed E-state index contributed by atoms with van der Waals surface area (Å²) in [5.41, 5.74) is 1.25. The van der Waals surface area contributed by atoms with Crippen LogP contribution < -0.4 is 15.6 Å². The smallest absolute Gasteiger partial charge is 0.360 e. The van der Waals surface area contributed by atoms with Crippen LogP contribution in [0.2, 0.25) is 0 Å². The first-order valence-electron chi connectivity index (χ1n) is 8.76. The molecule has 3 aromatic rings. The fourth-order valence-corrected chi connectivity index (χ4v) is 3.37. The number of benzene rings is 2. The zero-order valence-electron chi connectivity index (χ0n) is 16.2. The fraction of sp³-hybridized carbons (Fsp3) is 0.190. The Kier molecular flexibility index (Phi) is 6.33. The van der Waals surface area contributed by atoms with E-state index >= 15 is 0 Å². The van der Waals surface area contributed by atoms with Crippen LogP contribution >= 0.6 is 15.9 Å². The lowest BCUT2D eigenvalue weighted by Gasteiger charge is -2.22. The number of nitrogens with one attached hydrogen (secondary N) is 1.